The van der Waals surface area contributed by atoms with Crippen LogP contribution in [0.2, 0.25) is 0 Å². The summed E-state index contributed by atoms with van der Waals surface area (Å²) in [5, 5.41) is 19.8. The molecule has 1 aliphatic rings. The molecule has 2 heteroatoms. The van der Waals surface area contributed by atoms with Gasteiger partial charge in [-0.2, -0.15) is 5.26 Å². The first-order chi connectivity index (χ1) is 6.79. The summed E-state index contributed by atoms with van der Waals surface area (Å²) < 4.78 is 0. The van der Waals surface area contributed by atoms with Crippen molar-refractivity contribution in [3.63, 3.8) is 0 Å². The van der Waals surface area contributed by atoms with Crippen molar-refractivity contribution in [1.82, 2.24) is 0 Å². The van der Waals surface area contributed by atoms with Gasteiger partial charge in [0.15, 0.2) is 0 Å². The highest BCUT2D eigenvalue weighted by molar-refractivity contribution is 5.10. The standard InChI is InChI=1S/C13H23NO/c1-5-12(4,10-14)13(15)8-6-11(2,3)7-9-13/h15H,5-9H2,1-4H3. The molecule has 0 bridgehead atoms. The molecule has 0 aromatic carbocycles. The Kier molecular flexibility index (Phi) is 3.16. The van der Waals surface area contributed by atoms with Crippen molar-refractivity contribution in [3.05, 3.63) is 0 Å². The molecule has 15 heavy (non-hydrogen) atoms. The number of hydrogen-bond donors (Lipinski definition) is 1. The normalized spacial score (nSPS) is 27.7. The maximum atomic E-state index is 10.6. The Balaban J connectivity index is 2.83. The van der Waals surface area contributed by atoms with Crippen LogP contribution in [0.15, 0.2) is 0 Å². The number of aliphatic hydroxyl groups is 1. The smallest absolute Gasteiger partial charge is 0.0830 e. The van der Waals surface area contributed by atoms with E-state index in [1.165, 1.54) is 0 Å². The zero-order valence-corrected chi connectivity index (χ0v) is 10.4. The average molecular weight is 209 g/mol. The lowest BCUT2D eigenvalue weighted by Crippen LogP contribution is -2.49. The van der Waals surface area contributed by atoms with Crippen LogP contribution in [-0.2, 0) is 0 Å². The van der Waals surface area contributed by atoms with Gasteiger partial charge in [0.2, 0.25) is 0 Å². The van der Waals surface area contributed by atoms with Crippen LogP contribution in [0.3, 0.4) is 0 Å². The summed E-state index contributed by atoms with van der Waals surface area (Å²) in [7, 11) is 0. The molecule has 1 fully saturated rings. The van der Waals surface area contributed by atoms with E-state index in [9.17, 15) is 10.4 Å². The summed E-state index contributed by atoms with van der Waals surface area (Å²) in [6.07, 6.45) is 4.28. The predicted molar refractivity (Wildman–Crippen MR) is 61.2 cm³/mol. The third-order valence-corrected chi connectivity index (χ3v) is 4.41. The number of nitriles is 1. The Hall–Kier alpha value is -0.550. The van der Waals surface area contributed by atoms with Gasteiger partial charge in [-0.25, -0.2) is 0 Å². The fourth-order valence-corrected chi connectivity index (χ4v) is 2.40. The molecule has 0 amide bonds. The number of rotatable bonds is 2. The van der Waals surface area contributed by atoms with E-state index >= 15 is 0 Å². The Morgan fingerprint density at radius 3 is 2.07 bits per heavy atom. The highest BCUT2D eigenvalue weighted by Gasteiger charge is 2.49. The van der Waals surface area contributed by atoms with Crippen molar-refractivity contribution in [2.45, 2.75) is 65.4 Å². The molecule has 1 saturated carbocycles. The molecule has 0 aromatic heterocycles. The molecule has 0 saturated heterocycles. The van der Waals surface area contributed by atoms with Crippen molar-refractivity contribution < 1.29 is 5.11 Å². The summed E-state index contributed by atoms with van der Waals surface area (Å²) in [4.78, 5) is 0. The van der Waals surface area contributed by atoms with Crippen LogP contribution in [0.5, 0.6) is 0 Å². The SMILES string of the molecule is CCC(C)(C#N)C1(O)CCC(C)(C)CC1. The molecule has 1 aliphatic carbocycles. The topological polar surface area (TPSA) is 44.0 Å². The van der Waals surface area contributed by atoms with E-state index in [0.717, 1.165) is 32.1 Å². The van der Waals surface area contributed by atoms with Crippen molar-refractivity contribution in [1.29, 1.82) is 5.26 Å². The van der Waals surface area contributed by atoms with E-state index in [4.69, 9.17) is 0 Å². The molecule has 86 valence electrons. The first-order valence-electron chi connectivity index (χ1n) is 5.92. The van der Waals surface area contributed by atoms with Crippen LogP contribution in [0.1, 0.15) is 59.8 Å². The third kappa shape index (κ3) is 2.18. The molecule has 1 unspecified atom stereocenters. The highest BCUT2D eigenvalue weighted by Crippen LogP contribution is 2.49. The van der Waals surface area contributed by atoms with Gasteiger partial charge in [0, 0.05) is 0 Å². The quantitative estimate of drug-likeness (QED) is 0.758. The van der Waals surface area contributed by atoms with Gasteiger partial charge in [-0.3, -0.25) is 0 Å². The van der Waals surface area contributed by atoms with E-state index in [-0.39, 0.29) is 0 Å². The number of hydrogen-bond acceptors (Lipinski definition) is 2. The second kappa shape index (κ2) is 3.79. The van der Waals surface area contributed by atoms with Crippen LogP contribution in [0.25, 0.3) is 0 Å². The molecule has 0 aliphatic heterocycles. The second-order valence-electron chi connectivity index (χ2n) is 5.99. The summed E-state index contributed by atoms with van der Waals surface area (Å²) in [6, 6.07) is 2.32. The minimum atomic E-state index is -0.772. The fourth-order valence-electron chi connectivity index (χ4n) is 2.40. The first kappa shape index (κ1) is 12.5. The Morgan fingerprint density at radius 2 is 1.73 bits per heavy atom. The largest absolute Gasteiger partial charge is 0.388 e. The van der Waals surface area contributed by atoms with Gasteiger partial charge in [-0.05, 0) is 44.4 Å². The summed E-state index contributed by atoms with van der Waals surface area (Å²) >= 11 is 0. The van der Waals surface area contributed by atoms with Crippen molar-refractivity contribution in [2.75, 3.05) is 0 Å². The molecule has 2 nitrogen and oxygen atoms in total. The van der Waals surface area contributed by atoms with E-state index in [0.29, 0.717) is 5.41 Å². The Labute approximate surface area is 93.3 Å². The molecule has 1 N–H and O–H groups in total. The Morgan fingerprint density at radius 1 is 1.27 bits per heavy atom. The van der Waals surface area contributed by atoms with Gasteiger partial charge < -0.3 is 5.11 Å². The van der Waals surface area contributed by atoms with E-state index in [1.54, 1.807) is 0 Å². The molecule has 0 spiro atoms. The van der Waals surface area contributed by atoms with Crippen molar-refractivity contribution in [3.8, 4) is 6.07 Å². The van der Waals surface area contributed by atoms with Crippen LogP contribution >= 0.6 is 0 Å². The van der Waals surface area contributed by atoms with Crippen molar-refractivity contribution >= 4 is 0 Å². The molecular formula is C13H23NO. The molecule has 0 radical (unpaired) electrons. The van der Waals surface area contributed by atoms with Crippen molar-refractivity contribution in [2.24, 2.45) is 10.8 Å². The molecule has 1 atom stereocenters. The second-order valence-corrected chi connectivity index (χ2v) is 5.99. The summed E-state index contributed by atoms with van der Waals surface area (Å²) in [6.45, 7) is 8.36. The molecule has 0 aromatic rings. The van der Waals surface area contributed by atoms with Crippen LogP contribution in [-0.4, -0.2) is 10.7 Å². The summed E-state index contributed by atoms with van der Waals surface area (Å²) in [5.41, 5.74) is -1.02. The zero-order chi connectivity index (χ0) is 11.7. The van der Waals surface area contributed by atoms with Gasteiger partial charge in [-0.1, -0.05) is 20.8 Å². The van der Waals surface area contributed by atoms with Gasteiger partial charge >= 0.3 is 0 Å². The minimum absolute atomic E-state index is 0.330. The van der Waals surface area contributed by atoms with Gasteiger partial charge in [0.05, 0.1) is 17.1 Å². The minimum Gasteiger partial charge on any atom is -0.388 e. The lowest BCUT2D eigenvalue weighted by molar-refractivity contribution is -0.0958. The number of nitrogens with zero attached hydrogens (tertiary/aromatic N) is 1. The molecule has 1 rings (SSSR count). The average Bonchev–Trinajstić information content (AvgIpc) is 2.21. The maximum Gasteiger partial charge on any atom is 0.0830 e. The van der Waals surface area contributed by atoms with Gasteiger partial charge in [0.25, 0.3) is 0 Å². The van der Waals surface area contributed by atoms with Gasteiger partial charge in [0.1, 0.15) is 0 Å². The van der Waals surface area contributed by atoms with Crippen LogP contribution in [0, 0.1) is 22.2 Å². The zero-order valence-electron chi connectivity index (χ0n) is 10.4. The molecule has 0 heterocycles. The molecular weight excluding hydrogens is 186 g/mol. The lowest BCUT2D eigenvalue weighted by atomic mass is 9.61. The monoisotopic (exact) mass is 209 g/mol. The first-order valence-corrected chi connectivity index (χ1v) is 5.92. The van der Waals surface area contributed by atoms with Crippen LogP contribution < -0.4 is 0 Å². The fraction of sp³-hybridized carbons (Fsp3) is 0.923. The predicted octanol–water partition coefficient (Wildman–Crippen LogP) is 3.26. The van der Waals surface area contributed by atoms with E-state index < -0.39 is 11.0 Å². The Bertz CT molecular complexity index is 267. The lowest BCUT2D eigenvalue weighted by Gasteiger charge is -2.47. The van der Waals surface area contributed by atoms with Gasteiger partial charge in [-0.15, -0.1) is 0 Å². The summed E-state index contributed by atoms with van der Waals surface area (Å²) in [5.74, 6) is 0. The van der Waals surface area contributed by atoms with E-state index in [1.807, 2.05) is 13.8 Å². The van der Waals surface area contributed by atoms with Crippen LogP contribution in [0.4, 0.5) is 0 Å². The van der Waals surface area contributed by atoms with E-state index in [2.05, 4.69) is 19.9 Å². The highest BCUT2D eigenvalue weighted by atomic mass is 16.3. The third-order valence-electron chi connectivity index (χ3n) is 4.41. The maximum absolute atomic E-state index is 10.6.